The van der Waals surface area contributed by atoms with Crippen molar-refractivity contribution in [1.82, 2.24) is 20.1 Å². The number of hydrogen-bond donors (Lipinski definition) is 4. The lowest BCUT2D eigenvalue weighted by atomic mass is 10.1. The molecule has 8 heteroatoms. The van der Waals surface area contributed by atoms with Gasteiger partial charge in [-0.1, -0.05) is 0 Å². The molecule has 0 saturated carbocycles. The summed E-state index contributed by atoms with van der Waals surface area (Å²) in [5.41, 5.74) is 9.30. The summed E-state index contributed by atoms with van der Waals surface area (Å²) in [6, 6.07) is 7.41. The van der Waals surface area contributed by atoms with Crippen LogP contribution in [-0.4, -0.2) is 33.1 Å². The van der Waals surface area contributed by atoms with Crippen LogP contribution < -0.4 is 16.4 Å². The van der Waals surface area contributed by atoms with E-state index in [-0.39, 0.29) is 5.91 Å². The van der Waals surface area contributed by atoms with Gasteiger partial charge in [0.05, 0.1) is 23.5 Å². The number of nitrogens with two attached hydrogens (primary N) is 1. The summed E-state index contributed by atoms with van der Waals surface area (Å²) in [6.45, 7) is 2.60. The number of nitrogens with zero attached hydrogens (tertiary/aromatic N) is 2. The van der Waals surface area contributed by atoms with Gasteiger partial charge in [-0.25, -0.2) is 0 Å². The van der Waals surface area contributed by atoms with Crippen LogP contribution in [-0.2, 0) is 24.3 Å². The molecule has 8 nitrogen and oxygen atoms in total. The number of fused-ring (bicyclic) bond motifs is 2. The molecule has 2 aromatic heterocycles. The number of nitrogens with one attached hydrogen (secondary N) is 3. The lowest BCUT2D eigenvalue weighted by Crippen LogP contribution is -2.28. The molecule has 1 aliphatic heterocycles. The Morgan fingerprint density at radius 2 is 2.19 bits per heavy atom. The van der Waals surface area contributed by atoms with Gasteiger partial charge in [0.2, 0.25) is 5.91 Å². The number of hydrogen-bond acceptors (Lipinski definition) is 4. The number of carbonyl (C=O) groups excluding carboxylic acids is 2. The van der Waals surface area contributed by atoms with Crippen LogP contribution in [0.4, 0.5) is 5.69 Å². The Kier molecular flexibility index (Phi) is 4.18. The summed E-state index contributed by atoms with van der Waals surface area (Å²) in [7, 11) is 0. The molecule has 26 heavy (non-hydrogen) atoms. The maximum absolute atomic E-state index is 12.3. The molecule has 0 fully saturated rings. The van der Waals surface area contributed by atoms with Crippen molar-refractivity contribution in [2.45, 2.75) is 25.9 Å². The van der Waals surface area contributed by atoms with Crippen molar-refractivity contribution in [2.24, 2.45) is 5.73 Å². The zero-order valence-electron chi connectivity index (χ0n) is 14.2. The van der Waals surface area contributed by atoms with Crippen molar-refractivity contribution in [2.75, 3.05) is 11.9 Å². The molecule has 0 saturated heterocycles. The highest BCUT2D eigenvalue weighted by atomic mass is 16.2. The van der Waals surface area contributed by atoms with Gasteiger partial charge < -0.3 is 21.4 Å². The van der Waals surface area contributed by atoms with Crippen LogP contribution in [0.15, 0.2) is 30.5 Å². The Morgan fingerprint density at radius 1 is 1.31 bits per heavy atom. The maximum atomic E-state index is 12.3. The van der Waals surface area contributed by atoms with E-state index in [1.807, 2.05) is 16.8 Å². The second kappa shape index (κ2) is 6.64. The zero-order chi connectivity index (χ0) is 18.1. The first-order chi connectivity index (χ1) is 12.6. The lowest BCUT2D eigenvalue weighted by Gasteiger charge is -2.13. The van der Waals surface area contributed by atoms with E-state index in [2.05, 4.69) is 20.7 Å². The van der Waals surface area contributed by atoms with Gasteiger partial charge >= 0.3 is 0 Å². The third-order valence-corrected chi connectivity index (χ3v) is 4.56. The van der Waals surface area contributed by atoms with Gasteiger partial charge in [0, 0.05) is 48.7 Å². The van der Waals surface area contributed by atoms with Crippen molar-refractivity contribution in [3.05, 3.63) is 47.4 Å². The van der Waals surface area contributed by atoms with E-state index in [1.54, 1.807) is 18.3 Å². The predicted molar refractivity (Wildman–Crippen MR) is 97.7 cm³/mol. The number of H-pyrrole nitrogens is 1. The minimum Gasteiger partial charge on any atom is -0.366 e. The molecule has 3 aromatic rings. The summed E-state index contributed by atoms with van der Waals surface area (Å²) >= 11 is 0. The number of anilines is 1. The van der Waals surface area contributed by atoms with Gasteiger partial charge in [-0.05, 0) is 24.3 Å². The Bertz CT molecular complexity index is 963. The van der Waals surface area contributed by atoms with E-state index < -0.39 is 5.91 Å². The van der Waals surface area contributed by atoms with Crippen LogP contribution in [0.5, 0.6) is 0 Å². The number of amides is 2. The van der Waals surface area contributed by atoms with Gasteiger partial charge in [-0.2, -0.15) is 5.10 Å². The molecule has 0 spiro atoms. The molecule has 3 heterocycles. The van der Waals surface area contributed by atoms with Gasteiger partial charge in [-0.15, -0.1) is 0 Å². The third kappa shape index (κ3) is 3.18. The summed E-state index contributed by atoms with van der Waals surface area (Å²) in [4.78, 5) is 26.7. The lowest BCUT2D eigenvalue weighted by molar-refractivity contribution is -0.116. The number of aryl methyl sites for hydroxylation is 1. The minimum atomic E-state index is -0.502. The van der Waals surface area contributed by atoms with Crippen molar-refractivity contribution in [3.8, 4) is 0 Å². The van der Waals surface area contributed by atoms with Crippen LogP contribution in [0.1, 0.15) is 28.2 Å². The van der Waals surface area contributed by atoms with Crippen molar-refractivity contribution < 1.29 is 9.59 Å². The molecular formula is C18H20N6O2. The quantitative estimate of drug-likeness (QED) is 0.551. The van der Waals surface area contributed by atoms with Crippen LogP contribution in [0.2, 0.25) is 0 Å². The largest absolute Gasteiger partial charge is 0.366 e. The maximum Gasteiger partial charge on any atom is 0.250 e. The normalized spacial score (nSPS) is 13.5. The second-order valence-corrected chi connectivity index (χ2v) is 6.40. The fourth-order valence-electron chi connectivity index (χ4n) is 3.24. The molecule has 0 bridgehead atoms. The standard InChI is InChI=1S/C18H20N6O2/c19-18(26)15-10-21-16-3-1-11(8-14(15)16)22-17(25)4-2-12-7-13-9-20-5-6-24(13)23-12/h1,3,7-8,10,20-21H,2,4-6,9H2,(H2,19,26)(H,22,25). The molecule has 134 valence electrons. The van der Waals surface area contributed by atoms with Crippen LogP contribution in [0, 0.1) is 0 Å². The first-order valence-electron chi connectivity index (χ1n) is 8.57. The van der Waals surface area contributed by atoms with E-state index in [1.165, 1.54) is 0 Å². The Labute approximate surface area is 149 Å². The first kappa shape index (κ1) is 16.3. The average Bonchev–Trinajstić information content (AvgIpc) is 3.23. The topological polar surface area (TPSA) is 118 Å². The number of carbonyl (C=O) groups is 2. The van der Waals surface area contributed by atoms with Crippen molar-refractivity contribution >= 4 is 28.4 Å². The summed E-state index contributed by atoms with van der Waals surface area (Å²) in [5.74, 6) is -0.595. The smallest absolute Gasteiger partial charge is 0.250 e. The second-order valence-electron chi connectivity index (χ2n) is 6.40. The van der Waals surface area contributed by atoms with Gasteiger partial charge in [0.1, 0.15) is 0 Å². The molecule has 5 N–H and O–H groups in total. The zero-order valence-corrected chi connectivity index (χ0v) is 14.2. The molecule has 0 atom stereocenters. The molecule has 0 radical (unpaired) electrons. The minimum absolute atomic E-state index is 0.0930. The van der Waals surface area contributed by atoms with Gasteiger partial charge in [-0.3, -0.25) is 14.3 Å². The highest BCUT2D eigenvalue weighted by molar-refractivity contribution is 6.07. The molecule has 1 aromatic carbocycles. The highest BCUT2D eigenvalue weighted by Crippen LogP contribution is 2.22. The first-order valence-corrected chi connectivity index (χ1v) is 8.57. The molecule has 4 rings (SSSR count). The van der Waals surface area contributed by atoms with E-state index in [4.69, 9.17) is 5.73 Å². The molecule has 0 aliphatic carbocycles. The van der Waals surface area contributed by atoms with E-state index in [9.17, 15) is 9.59 Å². The molecular weight excluding hydrogens is 332 g/mol. The fourth-order valence-corrected chi connectivity index (χ4v) is 3.24. The molecule has 2 amide bonds. The van der Waals surface area contributed by atoms with Gasteiger partial charge in [0.15, 0.2) is 0 Å². The third-order valence-electron chi connectivity index (χ3n) is 4.56. The van der Waals surface area contributed by atoms with E-state index >= 15 is 0 Å². The Hall–Kier alpha value is -3.13. The van der Waals surface area contributed by atoms with Crippen LogP contribution in [0.25, 0.3) is 10.9 Å². The van der Waals surface area contributed by atoms with Crippen molar-refractivity contribution in [3.63, 3.8) is 0 Å². The van der Waals surface area contributed by atoms with Gasteiger partial charge in [0.25, 0.3) is 5.91 Å². The monoisotopic (exact) mass is 352 g/mol. The number of aromatic amines is 1. The Morgan fingerprint density at radius 3 is 3.00 bits per heavy atom. The number of benzene rings is 1. The van der Waals surface area contributed by atoms with Crippen LogP contribution >= 0.6 is 0 Å². The summed E-state index contributed by atoms with van der Waals surface area (Å²) < 4.78 is 1.99. The molecule has 1 aliphatic rings. The number of aromatic nitrogens is 3. The van der Waals surface area contributed by atoms with Crippen LogP contribution in [0.3, 0.4) is 0 Å². The predicted octanol–water partition coefficient (Wildman–Crippen LogP) is 1.14. The number of primary amides is 1. The summed E-state index contributed by atoms with van der Waals surface area (Å²) in [6.07, 6.45) is 2.51. The average molecular weight is 352 g/mol. The number of rotatable bonds is 5. The highest BCUT2D eigenvalue weighted by Gasteiger charge is 2.13. The van der Waals surface area contributed by atoms with E-state index in [0.29, 0.717) is 29.5 Å². The summed E-state index contributed by atoms with van der Waals surface area (Å²) in [5, 5.41) is 11.4. The SMILES string of the molecule is NC(=O)c1c[nH]c2ccc(NC(=O)CCc3cc4n(n3)CCNC4)cc12. The molecule has 0 unspecified atom stereocenters. The Balaban J connectivity index is 1.41. The van der Waals surface area contributed by atoms with E-state index in [0.717, 1.165) is 36.5 Å². The fraction of sp³-hybridized carbons (Fsp3) is 0.278. The van der Waals surface area contributed by atoms with Crippen molar-refractivity contribution in [1.29, 1.82) is 0 Å².